The lowest BCUT2D eigenvalue weighted by molar-refractivity contribution is -0.117. The van der Waals surface area contributed by atoms with Crippen LogP contribution in [0, 0.1) is 0 Å². The number of benzene rings is 3. The number of hydrogen-bond acceptors (Lipinski definition) is 5. The highest BCUT2D eigenvalue weighted by atomic mass is 16.5. The van der Waals surface area contributed by atoms with Gasteiger partial charge in [0.25, 0.3) is 0 Å². The Bertz CT molecular complexity index is 1390. The summed E-state index contributed by atoms with van der Waals surface area (Å²) in [6.45, 7) is 0.581. The standard InChI is InChI=1S/C25H19NO5/c27-22-9-4-12-26(22)19-7-3-6-17(13-19)25(29)30-15-18-14-23(28)31-21-11-10-16-5-1-2-8-20(16)24(18)21/h1-3,5-8,10-11,13-14H,4,9,12,15H2. The van der Waals surface area contributed by atoms with Gasteiger partial charge in [-0.1, -0.05) is 36.4 Å². The van der Waals surface area contributed by atoms with E-state index in [0.717, 1.165) is 22.6 Å². The first-order chi connectivity index (χ1) is 15.1. The van der Waals surface area contributed by atoms with Crippen LogP contribution in [-0.2, 0) is 16.1 Å². The zero-order valence-electron chi connectivity index (χ0n) is 16.7. The number of amides is 1. The minimum absolute atomic E-state index is 0.0554. The van der Waals surface area contributed by atoms with Gasteiger partial charge < -0.3 is 14.1 Å². The maximum atomic E-state index is 12.7. The average molecular weight is 413 g/mol. The second kappa shape index (κ2) is 7.72. The summed E-state index contributed by atoms with van der Waals surface area (Å²) in [5, 5.41) is 2.67. The first-order valence-corrected chi connectivity index (χ1v) is 10.1. The lowest BCUT2D eigenvalue weighted by Gasteiger charge is -2.16. The molecule has 6 nitrogen and oxygen atoms in total. The van der Waals surface area contributed by atoms with Gasteiger partial charge in [-0.15, -0.1) is 0 Å². The van der Waals surface area contributed by atoms with Gasteiger partial charge in [0.15, 0.2) is 0 Å². The third-order valence-electron chi connectivity index (χ3n) is 5.54. The summed E-state index contributed by atoms with van der Waals surface area (Å²) in [5.41, 5.74) is 1.58. The molecule has 0 bridgehead atoms. The molecule has 0 saturated carbocycles. The zero-order chi connectivity index (χ0) is 21.4. The molecule has 0 radical (unpaired) electrons. The van der Waals surface area contributed by atoms with Gasteiger partial charge in [-0.2, -0.15) is 0 Å². The predicted molar refractivity (Wildman–Crippen MR) is 117 cm³/mol. The molecule has 0 spiro atoms. The molecule has 0 aliphatic carbocycles. The summed E-state index contributed by atoms with van der Waals surface area (Å²) >= 11 is 0. The van der Waals surface area contributed by atoms with Crippen molar-refractivity contribution in [1.82, 2.24) is 0 Å². The van der Waals surface area contributed by atoms with E-state index >= 15 is 0 Å². The molecule has 1 aliphatic heterocycles. The van der Waals surface area contributed by atoms with E-state index in [2.05, 4.69) is 0 Å². The molecule has 0 N–H and O–H groups in total. The molecule has 31 heavy (non-hydrogen) atoms. The molecule has 6 heteroatoms. The molecule has 3 aromatic carbocycles. The van der Waals surface area contributed by atoms with E-state index in [1.54, 1.807) is 29.2 Å². The first kappa shape index (κ1) is 19.1. The normalized spacial score (nSPS) is 13.8. The number of carbonyl (C=O) groups excluding carboxylic acids is 2. The lowest BCUT2D eigenvalue weighted by Crippen LogP contribution is -2.23. The van der Waals surface area contributed by atoms with Crippen LogP contribution in [0.4, 0.5) is 5.69 Å². The van der Waals surface area contributed by atoms with Crippen molar-refractivity contribution in [3.8, 4) is 0 Å². The van der Waals surface area contributed by atoms with E-state index < -0.39 is 11.6 Å². The minimum Gasteiger partial charge on any atom is -0.457 e. The van der Waals surface area contributed by atoms with Gasteiger partial charge in [0.05, 0.1) is 5.56 Å². The summed E-state index contributed by atoms with van der Waals surface area (Å²) in [6, 6.07) is 19.6. The number of rotatable bonds is 4. The number of carbonyl (C=O) groups is 2. The predicted octanol–water partition coefficient (Wildman–Crippen LogP) is 4.43. The van der Waals surface area contributed by atoms with E-state index in [1.807, 2.05) is 36.4 Å². The highest BCUT2D eigenvalue weighted by molar-refractivity contribution is 6.07. The van der Waals surface area contributed by atoms with Crippen LogP contribution in [0.2, 0.25) is 0 Å². The summed E-state index contributed by atoms with van der Waals surface area (Å²) in [4.78, 5) is 38.4. The first-order valence-electron chi connectivity index (χ1n) is 10.1. The van der Waals surface area contributed by atoms with E-state index in [-0.39, 0.29) is 12.5 Å². The Kier molecular flexibility index (Phi) is 4.75. The van der Waals surface area contributed by atoms with Crippen molar-refractivity contribution in [2.75, 3.05) is 11.4 Å². The summed E-state index contributed by atoms with van der Waals surface area (Å²) < 4.78 is 10.9. The van der Waals surface area contributed by atoms with E-state index in [4.69, 9.17) is 9.15 Å². The van der Waals surface area contributed by atoms with Crippen LogP contribution in [0.1, 0.15) is 28.8 Å². The average Bonchev–Trinajstić information content (AvgIpc) is 3.22. The summed E-state index contributed by atoms with van der Waals surface area (Å²) in [7, 11) is 0. The highest BCUT2D eigenvalue weighted by Crippen LogP contribution is 2.28. The van der Waals surface area contributed by atoms with Crippen molar-refractivity contribution >= 4 is 39.3 Å². The lowest BCUT2D eigenvalue weighted by atomic mass is 10.0. The summed E-state index contributed by atoms with van der Waals surface area (Å²) in [5.74, 6) is -0.463. The Hall–Kier alpha value is -3.93. The van der Waals surface area contributed by atoms with Gasteiger partial charge in [-0.05, 0) is 41.5 Å². The number of fused-ring (bicyclic) bond motifs is 3. The second-order valence-corrected chi connectivity index (χ2v) is 7.53. The van der Waals surface area contributed by atoms with Crippen molar-refractivity contribution < 1.29 is 18.7 Å². The van der Waals surface area contributed by atoms with Crippen LogP contribution in [0.25, 0.3) is 21.7 Å². The Morgan fingerprint density at radius 3 is 2.71 bits per heavy atom. The number of esters is 1. The Morgan fingerprint density at radius 1 is 1.00 bits per heavy atom. The van der Waals surface area contributed by atoms with Crippen LogP contribution < -0.4 is 10.5 Å². The fourth-order valence-corrected chi connectivity index (χ4v) is 4.08. The number of hydrogen-bond donors (Lipinski definition) is 0. The maximum Gasteiger partial charge on any atom is 0.338 e. The number of ether oxygens (including phenoxy) is 1. The number of anilines is 1. The molecule has 1 aromatic heterocycles. The summed E-state index contributed by atoms with van der Waals surface area (Å²) in [6.07, 6.45) is 1.33. The monoisotopic (exact) mass is 413 g/mol. The van der Waals surface area contributed by atoms with Crippen molar-refractivity contribution in [2.45, 2.75) is 19.4 Å². The van der Waals surface area contributed by atoms with Crippen LogP contribution in [0.3, 0.4) is 0 Å². The molecule has 4 aromatic rings. The maximum absolute atomic E-state index is 12.7. The van der Waals surface area contributed by atoms with Crippen molar-refractivity contribution in [3.63, 3.8) is 0 Å². The van der Waals surface area contributed by atoms with Crippen molar-refractivity contribution in [2.24, 2.45) is 0 Å². The van der Waals surface area contributed by atoms with Crippen LogP contribution in [0.15, 0.2) is 75.9 Å². The Labute approximate surface area is 177 Å². The minimum atomic E-state index is -0.518. The molecule has 154 valence electrons. The van der Waals surface area contributed by atoms with Crippen LogP contribution in [-0.4, -0.2) is 18.4 Å². The van der Waals surface area contributed by atoms with Crippen molar-refractivity contribution in [3.05, 3.63) is 88.3 Å². The fraction of sp³-hybridized carbons (Fsp3) is 0.160. The van der Waals surface area contributed by atoms with E-state index in [9.17, 15) is 14.4 Å². The van der Waals surface area contributed by atoms with Gasteiger partial charge >= 0.3 is 11.6 Å². The molecule has 2 heterocycles. The zero-order valence-corrected chi connectivity index (χ0v) is 16.7. The van der Waals surface area contributed by atoms with Gasteiger partial charge in [0.1, 0.15) is 12.2 Å². The molecule has 1 amide bonds. The molecular weight excluding hydrogens is 394 g/mol. The van der Waals surface area contributed by atoms with E-state index in [1.165, 1.54) is 6.07 Å². The van der Waals surface area contributed by atoms with Crippen LogP contribution in [0.5, 0.6) is 0 Å². The molecule has 1 saturated heterocycles. The third-order valence-corrected chi connectivity index (χ3v) is 5.54. The van der Waals surface area contributed by atoms with Crippen LogP contribution >= 0.6 is 0 Å². The highest BCUT2D eigenvalue weighted by Gasteiger charge is 2.22. The van der Waals surface area contributed by atoms with Gasteiger partial charge in [0.2, 0.25) is 5.91 Å². The third kappa shape index (κ3) is 3.57. The van der Waals surface area contributed by atoms with Crippen molar-refractivity contribution in [1.29, 1.82) is 0 Å². The molecule has 0 unspecified atom stereocenters. The topological polar surface area (TPSA) is 76.8 Å². The molecular formula is C25H19NO5. The Balaban J connectivity index is 1.45. The molecule has 1 aliphatic rings. The quantitative estimate of drug-likeness (QED) is 0.281. The smallest absolute Gasteiger partial charge is 0.338 e. The van der Waals surface area contributed by atoms with Gasteiger partial charge in [-0.25, -0.2) is 9.59 Å². The largest absolute Gasteiger partial charge is 0.457 e. The molecule has 5 rings (SSSR count). The van der Waals surface area contributed by atoms with Gasteiger partial charge in [0, 0.05) is 35.7 Å². The Morgan fingerprint density at radius 2 is 1.87 bits per heavy atom. The number of nitrogens with zero attached hydrogens (tertiary/aromatic N) is 1. The van der Waals surface area contributed by atoms with E-state index in [0.29, 0.717) is 35.4 Å². The molecule has 1 fully saturated rings. The molecule has 0 atom stereocenters. The fourth-order valence-electron chi connectivity index (χ4n) is 4.08. The SMILES string of the molecule is O=C(OCc1cc(=O)oc2ccc3ccccc3c12)c1cccc(N2CCCC2=O)c1. The second-order valence-electron chi connectivity index (χ2n) is 7.53. The van der Waals surface area contributed by atoms with Gasteiger partial charge in [-0.3, -0.25) is 4.79 Å².